The minimum Gasteiger partial charge on any atom is -0.352 e. The lowest BCUT2D eigenvalue weighted by Gasteiger charge is -2.35. The van der Waals surface area contributed by atoms with Crippen molar-refractivity contribution in [1.29, 1.82) is 0 Å². The zero-order valence-electron chi connectivity index (χ0n) is 15.0. The number of nitrogens with zero attached hydrogens (tertiary/aromatic N) is 5. The number of imide groups is 1. The first-order valence-electron chi connectivity index (χ1n) is 8.76. The van der Waals surface area contributed by atoms with Gasteiger partial charge in [0.2, 0.25) is 11.8 Å². The van der Waals surface area contributed by atoms with Crippen LogP contribution in [0.5, 0.6) is 0 Å². The molecule has 0 aromatic carbocycles. The summed E-state index contributed by atoms with van der Waals surface area (Å²) in [5.41, 5.74) is 0. The highest BCUT2D eigenvalue weighted by Gasteiger charge is 2.33. The van der Waals surface area contributed by atoms with Crippen molar-refractivity contribution >= 4 is 46.9 Å². The number of aromatic nitrogens is 1. The molecule has 146 valence electrons. The summed E-state index contributed by atoms with van der Waals surface area (Å²) in [6.45, 7) is 2.80. The second-order valence-corrected chi connectivity index (χ2v) is 7.46. The van der Waals surface area contributed by atoms with E-state index in [9.17, 15) is 14.4 Å². The van der Waals surface area contributed by atoms with Gasteiger partial charge < -0.3 is 14.7 Å². The molecule has 10 heteroatoms. The highest BCUT2D eigenvalue weighted by atomic mass is 35.5. The Balaban J connectivity index is 1.45. The molecule has 0 spiro atoms. The van der Waals surface area contributed by atoms with Crippen molar-refractivity contribution < 1.29 is 14.4 Å². The van der Waals surface area contributed by atoms with Crippen LogP contribution in [0.4, 0.5) is 10.6 Å². The molecule has 0 bridgehead atoms. The first kappa shape index (κ1) is 19.7. The largest absolute Gasteiger partial charge is 0.352 e. The Morgan fingerprint density at radius 1 is 1.19 bits per heavy atom. The van der Waals surface area contributed by atoms with E-state index in [-0.39, 0.29) is 30.9 Å². The van der Waals surface area contributed by atoms with Gasteiger partial charge in [0, 0.05) is 52.4 Å². The summed E-state index contributed by atoms with van der Waals surface area (Å²) in [6.07, 6.45) is 2.33. The van der Waals surface area contributed by atoms with E-state index in [4.69, 9.17) is 23.2 Å². The number of hydrogen-bond donors (Lipinski definition) is 0. The topological polar surface area (TPSA) is 77.1 Å². The summed E-state index contributed by atoms with van der Waals surface area (Å²) in [5, 5.41) is 0.978. The third-order valence-corrected chi connectivity index (χ3v) is 5.21. The number of carbonyl (C=O) groups is 3. The first-order chi connectivity index (χ1) is 12.9. The molecule has 0 saturated carbocycles. The monoisotopic (exact) mass is 413 g/mol. The predicted octanol–water partition coefficient (Wildman–Crippen LogP) is 1.71. The maximum Gasteiger partial charge on any atom is 0.326 e. The van der Waals surface area contributed by atoms with Crippen molar-refractivity contribution in [3.8, 4) is 0 Å². The van der Waals surface area contributed by atoms with Gasteiger partial charge in [0.05, 0.1) is 10.0 Å². The van der Waals surface area contributed by atoms with Gasteiger partial charge in [0.15, 0.2) is 0 Å². The Hall–Kier alpha value is -2.06. The molecule has 8 nitrogen and oxygen atoms in total. The van der Waals surface area contributed by atoms with Crippen LogP contribution in [0.25, 0.3) is 0 Å². The van der Waals surface area contributed by atoms with Crippen molar-refractivity contribution in [2.75, 3.05) is 51.2 Å². The van der Waals surface area contributed by atoms with Gasteiger partial charge in [-0.2, -0.15) is 0 Å². The third-order valence-electron chi connectivity index (χ3n) is 4.72. The van der Waals surface area contributed by atoms with Crippen LogP contribution in [0.15, 0.2) is 12.3 Å². The number of anilines is 1. The maximum atomic E-state index is 12.4. The van der Waals surface area contributed by atoms with Gasteiger partial charge in [0.25, 0.3) is 0 Å². The first-order valence-corrected chi connectivity index (χ1v) is 9.51. The summed E-state index contributed by atoms with van der Waals surface area (Å²) in [4.78, 5) is 46.6. The molecule has 0 unspecified atom stereocenters. The number of rotatable bonds is 5. The molecule has 0 atom stereocenters. The van der Waals surface area contributed by atoms with Gasteiger partial charge in [-0.3, -0.25) is 14.5 Å². The molecule has 3 rings (SSSR count). The average Bonchev–Trinajstić information content (AvgIpc) is 2.88. The number of urea groups is 1. The van der Waals surface area contributed by atoms with E-state index in [2.05, 4.69) is 4.98 Å². The van der Waals surface area contributed by atoms with Crippen LogP contribution >= 0.6 is 23.2 Å². The Kier molecular flexibility index (Phi) is 6.06. The maximum absolute atomic E-state index is 12.4. The van der Waals surface area contributed by atoms with Crippen molar-refractivity contribution in [2.24, 2.45) is 0 Å². The van der Waals surface area contributed by atoms with Crippen LogP contribution in [-0.4, -0.2) is 83.8 Å². The van der Waals surface area contributed by atoms with E-state index in [0.29, 0.717) is 54.9 Å². The molecule has 0 N–H and O–H groups in total. The van der Waals surface area contributed by atoms with E-state index in [1.54, 1.807) is 24.2 Å². The molecule has 2 aliphatic rings. The Labute approximate surface area is 167 Å². The number of amides is 4. The molecule has 2 fully saturated rings. The predicted molar refractivity (Wildman–Crippen MR) is 102 cm³/mol. The summed E-state index contributed by atoms with van der Waals surface area (Å²) < 4.78 is 0. The molecule has 0 radical (unpaired) electrons. The van der Waals surface area contributed by atoms with Crippen LogP contribution in [0.1, 0.15) is 12.8 Å². The summed E-state index contributed by atoms with van der Waals surface area (Å²) in [6, 6.07) is 1.36. The second kappa shape index (κ2) is 8.31. The van der Waals surface area contributed by atoms with Crippen molar-refractivity contribution in [3.05, 3.63) is 22.3 Å². The van der Waals surface area contributed by atoms with Crippen molar-refractivity contribution in [3.63, 3.8) is 0 Å². The number of hydrogen-bond acceptors (Lipinski definition) is 5. The fourth-order valence-electron chi connectivity index (χ4n) is 3.24. The molecule has 3 heterocycles. The minimum atomic E-state index is -0.298. The van der Waals surface area contributed by atoms with Gasteiger partial charge in [0.1, 0.15) is 12.4 Å². The van der Waals surface area contributed by atoms with Gasteiger partial charge in [-0.15, -0.1) is 0 Å². The van der Waals surface area contributed by atoms with Crippen LogP contribution in [0, 0.1) is 0 Å². The Morgan fingerprint density at radius 3 is 2.48 bits per heavy atom. The van der Waals surface area contributed by atoms with E-state index in [1.807, 2.05) is 4.90 Å². The lowest BCUT2D eigenvalue weighted by atomic mass is 10.2. The highest BCUT2D eigenvalue weighted by molar-refractivity contribution is 6.36. The van der Waals surface area contributed by atoms with Crippen LogP contribution in [-0.2, 0) is 9.59 Å². The lowest BCUT2D eigenvalue weighted by Crippen LogP contribution is -2.49. The number of likely N-dealkylation sites (N-methyl/N-ethyl adjacent to an activating group) is 1. The highest BCUT2D eigenvalue weighted by Crippen LogP contribution is 2.26. The van der Waals surface area contributed by atoms with E-state index in [0.717, 1.165) is 0 Å². The third kappa shape index (κ3) is 4.44. The van der Waals surface area contributed by atoms with Gasteiger partial charge in [-0.05, 0) is 12.5 Å². The van der Waals surface area contributed by atoms with Crippen LogP contribution in [0.3, 0.4) is 0 Å². The molecular weight excluding hydrogens is 393 g/mol. The fourth-order valence-corrected chi connectivity index (χ4v) is 3.74. The number of carbonyl (C=O) groups excluding carboxylic acids is 3. The molecule has 0 aliphatic carbocycles. The van der Waals surface area contributed by atoms with Crippen molar-refractivity contribution in [1.82, 2.24) is 19.7 Å². The van der Waals surface area contributed by atoms with Gasteiger partial charge in [-0.25, -0.2) is 9.78 Å². The number of piperazine rings is 1. The molecular formula is C17H21Cl2N5O3. The van der Waals surface area contributed by atoms with E-state index < -0.39 is 0 Å². The molecule has 1 aromatic heterocycles. The van der Waals surface area contributed by atoms with Gasteiger partial charge >= 0.3 is 6.03 Å². The Morgan fingerprint density at radius 2 is 1.89 bits per heavy atom. The Bertz CT molecular complexity index is 752. The molecule has 4 amide bonds. The summed E-state index contributed by atoms with van der Waals surface area (Å²) in [7, 11) is 1.59. The molecule has 2 aliphatic heterocycles. The smallest absolute Gasteiger partial charge is 0.326 e. The zero-order valence-corrected chi connectivity index (χ0v) is 16.5. The molecule has 1 aromatic rings. The molecule has 27 heavy (non-hydrogen) atoms. The molecule has 2 saturated heterocycles. The van der Waals surface area contributed by atoms with Gasteiger partial charge in [-0.1, -0.05) is 23.2 Å². The minimum absolute atomic E-state index is 0.0252. The van der Waals surface area contributed by atoms with E-state index >= 15 is 0 Å². The average molecular weight is 414 g/mol. The summed E-state index contributed by atoms with van der Waals surface area (Å²) in [5.74, 6) is 0.483. The SMILES string of the molecule is CN1CC(=O)N(CCCC(=O)N2CCN(c3ncc(Cl)cc3Cl)CC2)C1=O. The normalized spacial score (nSPS) is 17.9. The quantitative estimate of drug-likeness (QED) is 0.686. The van der Waals surface area contributed by atoms with Crippen LogP contribution < -0.4 is 4.90 Å². The standard InChI is InChI=1S/C17H21Cl2N5O3/c1-21-11-15(26)24(17(21)27)4-2-3-14(25)22-5-7-23(8-6-22)16-13(19)9-12(18)10-20-16/h9-10H,2-8,11H2,1H3. The lowest BCUT2D eigenvalue weighted by molar-refractivity contribution is -0.132. The second-order valence-electron chi connectivity index (χ2n) is 6.61. The summed E-state index contributed by atoms with van der Waals surface area (Å²) >= 11 is 12.1. The van der Waals surface area contributed by atoms with E-state index in [1.165, 1.54) is 9.80 Å². The van der Waals surface area contributed by atoms with Crippen molar-refractivity contribution in [2.45, 2.75) is 12.8 Å². The number of halogens is 2. The van der Waals surface area contributed by atoms with Crippen LogP contribution in [0.2, 0.25) is 10.0 Å². The fraction of sp³-hybridized carbons (Fsp3) is 0.529. The number of pyridine rings is 1. The zero-order chi connectivity index (χ0) is 19.6.